The van der Waals surface area contributed by atoms with Crippen LogP contribution in [-0.2, 0) is 0 Å². The Kier molecular flexibility index (Phi) is 3.87. The van der Waals surface area contributed by atoms with Crippen molar-refractivity contribution in [2.45, 2.75) is 0 Å². The Morgan fingerprint density at radius 2 is 1.89 bits per heavy atom. The summed E-state index contributed by atoms with van der Waals surface area (Å²) in [5.41, 5.74) is -0.306. The van der Waals surface area contributed by atoms with Gasteiger partial charge < -0.3 is 10.3 Å². The molecule has 4 nitrogen and oxygen atoms in total. The van der Waals surface area contributed by atoms with Gasteiger partial charge in [0.15, 0.2) is 11.2 Å². The number of halogens is 3. The van der Waals surface area contributed by atoms with E-state index in [9.17, 15) is 14.0 Å². The zero-order valence-electron chi connectivity index (χ0n) is 9.34. The predicted molar refractivity (Wildman–Crippen MR) is 71.4 cm³/mol. The molecule has 0 bridgehead atoms. The Bertz CT molecular complexity index is 677. The van der Waals surface area contributed by atoms with Gasteiger partial charge in [0.25, 0.3) is 5.91 Å². The highest BCUT2D eigenvalue weighted by Crippen LogP contribution is 2.27. The molecule has 0 unspecified atom stereocenters. The molecular formula is C12H7Cl2FN2O2. The van der Waals surface area contributed by atoms with Crippen LogP contribution in [0.25, 0.3) is 0 Å². The fraction of sp³-hybridized carbons (Fsp3) is 0. The summed E-state index contributed by atoms with van der Waals surface area (Å²) in [4.78, 5) is 25.9. The number of H-pyrrole nitrogens is 1. The molecule has 1 amide bonds. The molecule has 1 aromatic heterocycles. The summed E-state index contributed by atoms with van der Waals surface area (Å²) in [6.45, 7) is 0. The van der Waals surface area contributed by atoms with Crippen LogP contribution in [0.4, 0.5) is 10.1 Å². The minimum absolute atomic E-state index is 0.0703. The number of carbonyl (C=O) groups is 1. The topological polar surface area (TPSA) is 62.0 Å². The highest BCUT2D eigenvalue weighted by atomic mass is 35.5. The third-order valence-corrected chi connectivity index (χ3v) is 2.86. The SMILES string of the molecule is O=C(Nc1cc(Cl)c(F)c(Cl)c1)c1c[nH]ccc1=O. The second-order valence-corrected chi connectivity index (χ2v) is 4.44. The summed E-state index contributed by atoms with van der Waals surface area (Å²) < 4.78 is 13.2. The van der Waals surface area contributed by atoms with Crippen molar-refractivity contribution < 1.29 is 9.18 Å². The molecule has 0 aliphatic rings. The van der Waals surface area contributed by atoms with E-state index in [1.165, 1.54) is 30.6 Å². The van der Waals surface area contributed by atoms with E-state index in [-0.39, 0.29) is 21.3 Å². The molecule has 1 heterocycles. The Morgan fingerprint density at radius 3 is 2.47 bits per heavy atom. The molecule has 0 saturated carbocycles. The van der Waals surface area contributed by atoms with E-state index in [1.807, 2.05) is 0 Å². The average Bonchev–Trinajstić information content (AvgIpc) is 2.36. The summed E-state index contributed by atoms with van der Waals surface area (Å²) in [5.74, 6) is -1.40. The number of rotatable bonds is 2. The molecule has 98 valence electrons. The molecule has 0 radical (unpaired) electrons. The minimum atomic E-state index is -0.765. The highest BCUT2D eigenvalue weighted by Gasteiger charge is 2.12. The van der Waals surface area contributed by atoms with E-state index in [0.29, 0.717) is 0 Å². The van der Waals surface area contributed by atoms with Gasteiger partial charge in [-0.1, -0.05) is 23.2 Å². The number of benzene rings is 1. The number of nitrogens with one attached hydrogen (secondary N) is 2. The molecule has 7 heteroatoms. The third kappa shape index (κ3) is 2.94. The lowest BCUT2D eigenvalue weighted by molar-refractivity contribution is 0.102. The Hall–Kier alpha value is -1.85. The summed E-state index contributed by atoms with van der Waals surface area (Å²) >= 11 is 11.2. The van der Waals surface area contributed by atoms with E-state index in [4.69, 9.17) is 23.2 Å². The van der Waals surface area contributed by atoms with Crippen molar-refractivity contribution in [1.82, 2.24) is 4.98 Å². The van der Waals surface area contributed by atoms with Crippen LogP contribution in [0.2, 0.25) is 10.0 Å². The summed E-state index contributed by atoms with van der Waals surface area (Å²) in [5, 5.41) is 1.98. The third-order valence-electron chi connectivity index (χ3n) is 2.31. The summed E-state index contributed by atoms with van der Waals surface area (Å²) in [7, 11) is 0. The van der Waals surface area contributed by atoms with E-state index >= 15 is 0 Å². The Labute approximate surface area is 117 Å². The second-order valence-electron chi connectivity index (χ2n) is 3.63. The van der Waals surface area contributed by atoms with Gasteiger partial charge in [-0.15, -0.1) is 0 Å². The first-order valence-corrected chi connectivity index (χ1v) is 5.87. The predicted octanol–water partition coefficient (Wildman–Crippen LogP) is 3.07. The van der Waals surface area contributed by atoms with Gasteiger partial charge in [-0.25, -0.2) is 4.39 Å². The van der Waals surface area contributed by atoms with Crippen LogP contribution in [0.15, 0.2) is 35.4 Å². The molecule has 0 atom stereocenters. The molecule has 0 fully saturated rings. The fourth-order valence-corrected chi connectivity index (χ4v) is 1.91. The van der Waals surface area contributed by atoms with Gasteiger partial charge >= 0.3 is 0 Å². The van der Waals surface area contributed by atoms with Crippen LogP contribution in [0.3, 0.4) is 0 Å². The molecule has 19 heavy (non-hydrogen) atoms. The lowest BCUT2D eigenvalue weighted by Gasteiger charge is -2.06. The lowest BCUT2D eigenvalue weighted by atomic mass is 10.2. The Morgan fingerprint density at radius 1 is 1.26 bits per heavy atom. The highest BCUT2D eigenvalue weighted by molar-refractivity contribution is 6.35. The first kappa shape index (κ1) is 13.6. The zero-order chi connectivity index (χ0) is 14.0. The van der Waals surface area contributed by atoms with Gasteiger partial charge in [0.05, 0.1) is 10.0 Å². The van der Waals surface area contributed by atoms with Crippen LogP contribution in [0, 0.1) is 5.82 Å². The number of aromatic amines is 1. The molecule has 1 aromatic carbocycles. The molecule has 2 rings (SSSR count). The molecular weight excluding hydrogens is 294 g/mol. The largest absolute Gasteiger partial charge is 0.367 e. The standard InChI is InChI=1S/C12H7Cl2FN2O2/c13-8-3-6(4-9(14)11(8)15)17-12(19)7-5-16-2-1-10(7)18/h1-5H,(H,16,18)(H,17,19). The number of hydrogen-bond acceptors (Lipinski definition) is 2. The monoisotopic (exact) mass is 300 g/mol. The van der Waals surface area contributed by atoms with E-state index < -0.39 is 17.2 Å². The van der Waals surface area contributed by atoms with E-state index in [1.54, 1.807) is 0 Å². The smallest absolute Gasteiger partial charge is 0.261 e. The maximum atomic E-state index is 13.2. The number of anilines is 1. The lowest BCUT2D eigenvalue weighted by Crippen LogP contribution is -2.20. The zero-order valence-corrected chi connectivity index (χ0v) is 10.8. The molecule has 0 aliphatic heterocycles. The van der Waals surface area contributed by atoms with Crippen LogP contribution in [-0.4, -0.2) is 10.9 Å². The average molecular weight is 301 g/mol. The van der Waals surface area contributed by atoms with Gasteiger partial charge in [-0.2, -0.15) is 0 Å². The maximum absolute atomic E-state index is 13.2. The van der Waals surface area contributed by atoms with Crippen molar-refractivity contribution in [1.29, 1.82) is 0 Å². The van der Waals surface area contributed by atoms with Gasteiger partial charge in [0.1, 0.15) is 5.56 Å². The fourth-order valence-electron chi connectivity index (χ4n) is 1.42. The number of carbonyl (C=O) groups excluding carboxylic acids is 1. The summed E-state index contributed by atoms with van der Waals surface area (Å²) in [6, 6.07) is 3.63. The van der Waals surface area contributed by atoms with Gasteiger partial charge in [-0.05, 0) is 12.1 Å². The molecule has 2 N–H and O–H groups in total. The van der Waals surface area contributed by atoms with Crippen LogP contribution < -0.4 is 10.7 Å². The van der Waals surface area contributed by atoms with Crippen molar-refractivity contribution >= 4 is 34.8 Å². The van der Waals surface area contributed by atoms with E-state index in [0.717, 1.165) is 0 Å². The normalized spacial score (nSPS) is 10.3. The first-order chi connectivity index (χ1) is 8.99. The Balaban J connectivity index is 2.30. The van der Waals surface area contributed by atoms with Crippen LogP contribution in [0.1, 0.15) is 10.4 Å². The summed E-state index contributed by atoms with van der Waals surface area (Å²) in [6.07, 6.45) is 2.68. The van der Waals surface area contributed by atoms with Crippen molar-refractivity contribution in [3.63, 3.8) is 0 Å². The second kappa shape index (κ2) is 5.42. The van der Waals surface area contributed by atoms with Crippen molar-refractivity contribution in [2.75, 3.05) is 5.32 Å². The van der Waals surface area contributed by atoms with Crippen LogP contribution >= 0.6 is 23.2 Å². The number of aromatic nitrogens is 1. The molecule has 0 aliphatic carbocycles. The number of amides is 1. The van der Waals surface area contributed by atoms with Crippen molar-refractivity contribution in [3.05, 3.63) is 62.2 Å². The number of hydrogen-bond donors (Lipinski definition) is 2. The molecule has 0 spiro atoms. The van der Waals surface area contributed by atoms with Gasteiger partial charge in [0, 0.05) is 24.1 Å². The first-order valence-electron chi connectivity index (χ1n) is 5.12. The quantitative estimate of drug-likeness (QED) is 0.837. The van der Waals surface area contributed by atoms with Gasteiger partial charge in [-0.3, -0.25) is 9.59 Å². The van der Waals surface area contributed by atoms with E-state index in [2.05, 4.69) is 10.3 Å². The molecule has 0 saturated heterocycles. The minimum Gasteiger partial charge on any atom is -0.367 e. The maximum Gasteiger partial charge on any atom is 0.261 e. The van der Waals surface area contributed by atoms with Gasteiger partial charge in [0.2, 0.25) is 0 Å². The van der Waals surface area contributed by atoms with Crippen molar-refractivity contribution in [3.8, 4) is 0 Å². The number of pyridine rings is 1. The van der Waals surface area contributed by atoms with Crippen molar-refractivity contribution in [2.24, 2.45) is 0 Å². The molecule has 2 aromatic rings. The van der Waals surface area contributed by atoms with Crippen LogP contribution in [0.5, 0.6) is 0 Å².